The molecule has 0 amide bonds. The lowest BCUT2D eigenvalue weighted by molar-refractivity contribution is 0.0335. The number of hydrogen-bond donors (Lipinski definition) is 0. The van der Waals surface area contributed by atoms with Gasteiger partial charge in [-0.2, -0.15) is 0 Å². The average molecular weight is 552 g/mol. The van der Waals surface area contributed by atoms with E-state index >= 15 is 0 Å². The van der Waals surface area contributed by atoms with Crippen LogP contribution in [0.4, 0.5) is 0 Å². The molecule has 3 aliphatic heterocycles. The molecule has 0 radical (unpaired) electrons. The molecule has 0 spiro atoms. The van der Waals surface area contributed by atoms with Crippen molar-refractivity contribution in [1.82, 2.24) is 24.5 Å². The lowest BCUT2D eigenvalue weighted by Gasteiger charge is -2.45. The summed E-state index contributed by atoms with van der Waals surface area (Å²) in [6.45, 7) is 30.9. The van der Waals surface area contributed by atoms with Crippen molar-refractivity contribution >= 4 is 0 Å². The van der Waals surface area contributed by atoms with Crippen LogP contribution in [0.25, 0.3) is 0 Å². The van der Waals surface area contributed by atoms with Gasteiger partial charge in [0.1, 0.15) is 0 Å². The molecule has 0 aromatic carbocycles. The fraction of sp³-hybridized carbons (Fsp3) is 1.00. The van der Waals surface area contributed by atoms with Crippen LogP contribution < -0.4 is 0 Å². The molecule has 39 heavy (non-hydrogen) atoms. The second-order valence-corrected chi connectivity index (χ2v) is 13.7. The summed E-state index contributed by atoms with van der Waals surface area (Å²) in [5.74, 6) is 1.03. The van der Waals surface area contributed by atoms with Gasteiger partial charge in [-0.1, -0.05) is 40.0 Å². The first kappa shape index (κ1) is 36.8. The lowest BCUT2D eigenvalue weighted by atomic mass is 9.95. The number of likely N-dealkylation sites (N-methyl/N-ethyl adjacent to an activating group) is 2. The van der Waals surface area contributed by atoms with Gasteiger partial charge in [0, 0.05) is 49.8 Å². The highest BCUT2D eigenvalue weighted by Gasteiger charge is 2.30. The maximum atomic E-state index is 2.64. The van der Waals surface area contributed by atoms with Gasteiger partial charge < -0.3 is 14.7 Å². The van der Waals surface area contributed by atoms with Gasteiger partial charge >= 0.3 is 0 Å². The zero-order valence-electron chi connectivity index (χ0n) is 28.7. The summed E-state index contributed by atoms with van der Waals surface area (Å²) < 4.78 is 0. The van der Waals surface area contributed by atoms with Gasteiger partial charge in [-0.05, 0) is 133 Å². The third kappa shape index (κ3) is 14.5. The van der Waals surface area contributed by atoms with Gasteiger partial charge in [-0.25, -0.2) is 0 Å². The zero-order valence-corrected chi connectivity index (χ0v) is 28.7. The molecule has 3 heterocycles. The second kappa shape index (κ2) is 20.6. The summed E-state index contributed by atoms with van der Waals surface area (Å²) in [7, 11) is 4.49. The molecule has 3 saturated heterocycles. The number of hydrogen-bond acceptors (Lipinski definition) is 5. The maximum absolute atomic E-state index is 2.64. The smallest absolute Gasteiger partial charge is 0.0350 e. The molecule has 0 aromatic heterocycles. The van der Waals surface area contributed by atoms with Crippen LogP contribution >= 0.6 is 0 Å². The Hall–Kier alpha value is -0.200. The minimum Gasteiger partial charge on any atom is -0.302 e. The van der Waals surface area contributed by atoms with E-state index in [1.54, 1.807) is 0 Å². The fourth-order valence-corrected chi connectivity index (χ4v) is 6.29. The second-order valence-electron chi connectivity index (χ2n) is 13.7. The van der Waals surface area contributed by atoms with Crippen LogP contribution in [0.2, 0.25) is 0 Å². The third-order valence-electron chi connectivity index (χ3n) is 9.62. The average Bonchev–Trinajstić information content (AvgIpc) is 3.20. The van der Waals surface area contributed by atoms with E-state index in [0.717, 1.165) is 24.0 Å². The molecule has 0 saturated carbocycles. The van der Waals surface area contributed by atoms with Crippen molar-refractivity contribution in [3.05, 3.63) is 0 Å². The van der Waals surface area contributed by atoms with Crippen LogP contribution in [0.15, 0.2) is 0 Å². The van der Waals surface area contributed by atoms with E-state index in [-0.39, 0.29) is 0 Å². The first-order valence-corrected chi connectivity index (χ1v) is 17.2. The van der Waals surface area contributed by atoms with Crippen molar-refractivity contribution in [2.24, 2.45) is 5.92 Å². The van der Waals surface area contributed by atoms with E-state index in [0.29, 0.717) is 12.1 Å². The van der Waals surface area contributed by atoms with Crippen molar-refractivity contribution in [1.29, 1.82) is 0 Å². The van der Waals surface area contributed by atoms with E-state index < -0.39 is 0 Å². The first-order valence-electron chi connectivity index (χ1n) is 17.2. The predicted octanol–water partition coefficient (Wildman–Crippen LogP) is 6.92. The molecule has 0 N–H and O–H groups in total. The normalized spacial score (nSPS) is 23.7. The largest absolute Gasteiger partial charge is 0.302 e. The highest BCUT2D eigenvalue weighted by atomic mass is 15.3. The number of likely N-dealkylation sites (tertiary alicyclic amines) is 3. The highest BCUT2D eigenvalue weighted by Crippen LogP contribution is 2.23. The summed E-state index contributed by atoms with van der Waals surface area (Å²) in [6, 6.07) is 3.74. The summed E-state index contributed by atoms with van der Waals surface area (Å²) in [5, 5.41) is 0. The SMILES string of the molecule is CCCCC1CCCN(C(C)C)CC1.CCCN1CC(N(C)C(C)C)C1.CCCN1CCC(N(C)C(C)C)C1. The third-order valence-corrected chi connectivity index (χ3v) is 9.62. The van der Waals surface area contributed by atoms with Gasteiger partial charge in [-0.3, -0.25) is 9.80 Å². The molecular weight excluding hydrogens is 478 g/mol. The van der Waals surface area contributed by atoms with Gasteiger partial charge in [0.15, 0.2) is 0 Å². The molecule has 3 aliphatic rings. The zero-order chi connectivity index (χ0) is 29.4. The summed E-state index contributed by atoms with van der Waals surface area (Å²) in [4.78, 5) is 12.8. The minimum absolute atomic E-state index is 0.687. The number of rotatable bonds is 12. The van der Waals surface area contributed by atoms with Crippen LogP contribution in [-0.4, -0.2) is 121 Å². The van der Waals surface area contributed by atoms with Gasteiger partial charge in [0.05, 0.1) is 0 Å². The van der Waals surface area contributed by atoms with E-state index in [1.807, 2.05) is 0 Å². The fourth-order valence-electron chi connectivity index (χ4n) is 6.29. The molecule has 234 valence electrons. The van der Waals surface area contributed by atoms with Crippen molar-refractivity contribution in [3.63, 3.8) is 0 Å². The predicted molar refractivity (Wildman–Crippen MR) is 175 cm³/mol. The summed E-state index contributed by atoms with van der Waals surface area (Å²) in [5.41, 5.74) is 0. The molecule has 0 bridgehead atoms. The Kier molecular flexibility index (Phi) is 19.5. The monoisotopic (exact) mass is 552 g/mol. The van der Waals surface area contributed by atoms with Crippen LogP contribution in [0.5, 0.6) is 0 Å². The maximum Gasteiger partial charge on any atom is 0.0350 e. The van der Waals surface area contributed by atoms with E-state index in [1.165, 1.54) is 110 Å². The minimum atomic E-state index is 0.687. The van der Waals surface area contributed by atoms with E-state index in [9.17, 15) is 0 Å². The Balaban J connectivity index is 0.000000293. The van der Waals surface area contributed by atoms with Crippen LogP contribution in [0, 0.1) is 5.92 Å². The molecule has 5 heteroatoms. The van der Waals surface area contributed by atoms with Crippen molar-refractivity contribution in [2.45, 2.75) is 150 Å². The highest BCUT2D eigenvalue weighted by molar-refractivity contribution is 4.87. The number of nitrogens with zero attached hydrogens (tertiary/aromatic N) is 5. The van der Waals surface area contributed by atoms with Crippen molar-refractivity contribution in [3.8, 4) is 0 Å². The Morgan fingerprint density at radius 3 is 1.74 bits per heavy atom. The Morgan fingerprint density at radius 1 is 0.641 bits per heavy atom. The molecule has 2 unspecified atom stereocenters. The van der Waals surface area contributed by atoms with Crippen molar-refractivity contribution in [2.75, 3.05) is 66.5 Å². The number of unbranched alkanes of at least 4 members (excludes halogenated alkanes) is 1. The van der Waals surface area contributed by atoms with Crippen LogP contribution in [0.3, 0.4) is 0 Å². The van der Waals surface area contributed by atoms with E-state index in [2.05, 4.69) is 101 Å². The topological polar surface area (TPSA) is 16.2 Å². The molecule has 5 nitrogen and oxygen atoms in total. The van der Waals surface area contributed by atoms with Crippen molar-refractivity contribution < 1.29 is 0 Å². The molecule has 3 rings (SSSR count). The van der Waals surface area contributed by atoms with Crippen LogP contribution in [0.1, 0.15) is 120 Å². The summed E-state index contributed by atoms with van der Waals surface area (Å²) in [6.07, 6.45) is 12.6. The molecule has 0 aromatic rings. The summed E-state index contributed by atoms with van der Waals surface area (Å²) >= 11 is 0. The molecular formula is C34H73N5. The lowest BCUT2D eigenvalue weighted by Crippen LogP contribution is -2.59. The molecule has 2 atom stereocenters. The Bertz CT molecular complexity index is 574. The van der Waals surface area contributed by atoms with Gasteiger partial charge in [0.2, 0.25) is 0 Å². The molecule has 0 aliphatic carbocycles. The van der Waals surface area contributed by atoms with Gasteiger partial charge in [-0.15, -0.1) is 0 Å². The van der Waals surface area contributed by atoms with E-state index in [4.69, 9.17) is 0 Å². The standard InChI is InChI=1S/C13H27N.C11H24N2.C10H22N2/c1-4-5-7-13-8-6-10-14(11-9-13)12(2)3;1-5-7-13-8-6-11(9-13)12(4)10(2)3;1-5-6-12-7-10(8-12)11(4)9(2)3/h12-13H,4-11H2,1-3H3;10-11H,5-9H2,1-4H3;9-10H,5-8H2,1-4H3. The Morgan fingerprint density at radius 2 is 1.21 bits per heavy atom. The molecule has 3 fully saturated rings. The Labute approximate surface area is 247 Å². The quantitative estimate of drug-likeness (QED) is 0.261. The van der Waals surface area contributed by atoms with Gasteiger partial charge in [0.25, 0.3) is 0 Å². The first-order chi connectivity index (χ1) is 18.5. The van der Waals surface area contributed by atoms with Crippen LogP contribution in [-0.2, 0) is 0 Å².